The van der Waals surface area contributed by atoms with E-state index < -0.39 is 0 Å². The average molecular weight is 359 g/mol. The van der Waals surface area contributed by atoms with Gasteiger partial charge in [-0.1, -0.05) is 42.5 Å². The Kier molecular flexibility index (Phi) is 4.55. The van der Waals surface area contributed by atoms with Gasteiger partial charge in [0.25, 0.3) is 0 Å². The van der Waals surface area contributed by atoms with Crippen molar-refractivity contribution in [1.29, 1.82) is 0 Å². The molecule has 4 rings (SSSR count). The SMILES string of the molecule is COc1ccc(C[C@H]2C(=O)N(c3ccccc3)c3ccccc32)cc1OC. The number of para-hydroxylation sites is 2. The number of ether oxygens (including phenoxy) is 2. The molecule has 0 aromatic heterocycles. The third-order valence-electron chi connectivity index (χ3n) is 4.97. The van der Waals surface area contributed by atoms with Crippen molar-refractivity contribution < 1.29 is 14.3 Å². The minimum atomic E-state index is -0.223. The van der Waals surface area contributed by atoms with E-state index in [0.717, 1.165) is 22.5 Å². The van der Waals surface area contributed by atoms with Gasteiger partial charge in [-0.2, -0.15) is 0 Å². The fraction of sp³-hybridized carbons (Fsp3) is 0.174. The second-order valence-corrected chi connectivity index (χ2v) is 6.51. The number of fused-ring (bicyclic) bond motifs is 1. The summed E-state index contributed by atoms with van der Waals surface area (Å²) in [6.45, 7) is 0. The summed E-state index contributed by atoms with van der Waals surface area (Å²) in [7, 11) is 3.24. The van der Waals surface area contributed by atoms with Crippen LogP contribution in [0.4, 0.5) is 11.4 Å². The maximum absolute atomic E-state index is 13.3. The molecule has 1 heterocycles. The van der Waals surface area contributed by atoms with Crippen LogP contribution in [0, 0.1) is 0 Å². The van der Waals surface area contributed by atoms with E-state index in [2.05, 4.69) is 0 Å². The Morgan fingerprint density at radius 1 is 0.852 bits per heavy atom. The van der Waals surface area contributed by atoms with E-state index in [-0.39, 0.29) is 11.8 Å². The van der Waals surface area contributed by atoms with E-state index in [9.17, 15) is 4.79 Å². The second kappa shape index (κ2) is 7.16. The zero-order chi connectivity index (χ0) is 18.8. The van der Waals surface area contributed by atoms with Gasteiger partial charge in [-0.25, -0.2) is 0 Å². The number of carbonyl (C=O) groups is 1. The van der Waals surface area contributed by atoms with E-state index in [1.54, 1.807) is 14.2 Å². The van der Waals surface area contributed by atoms with Crippen molar-refractivity contribution in [2.24, 2.45) is 0 Å². The summed E-state index contributed by atoms with van der Waals surface area (Å²) in [6.07, 6.45) is 0.611. The van der Waals surface area contributed by atoms with Crippen LogP contribution in [0.15, 0.2) is 72.8 Å². The Morgan fingerprint density at radius 2 is 1.56 bits per heavy atom. The minimum absolute atomic E-state index is 0.0946. The minimum Gasteiger partial charge on any atom is -0.493 e. The zero-order valence-electron chi connectivity index (χ0n) is 15.4. The van der Waals surface area contributed by atoms with Crippen molar-refractivity contribution in [3.8, 4) is 11.5 Å². The molecule has 0 spiro atoms. The number of anilines is 2. The van der Waals surface area contributed by atoms with Crippen LogP contribution in [0.5, 0.6) is 11.5 Å². The molecule has 0 N–H and O–H groups in total. The molecule has 27 heavy (non-hydrogen) atoms. The first kappa shape index (κ1) is 17.2. The summed E-state index contributed by atoms with van der Waals surface area (Å²) in [5, 5.41) is 0. The highest BCUT2D eigenvalue weighted by Gasteiger charge is 2.37. The molecule has 0 saturated carbocycles. The van der Waals surface area contributed by atoms with Gasteiger partial charge in [0, 0.05) is 5.69 Å². The van der Waals surface area contributed by atoms with Crippen LogP contribution < -0.4 is 14.4 Å². The number of methoxy groups -OCH3 is 2. The molecule has 0 fully saturated rings. The highest BCUT2D eigenvalue weighted by molar-refractivity contribution is 6.10. The largest absolute Gasteiger partial charge is 0.493 e. The highest BCUT2D eigenvalue weighted by atomic mass is 16.5. The zero-order valence-corrected chi connectivity index (χ0v) is 15.4. The van der Waals surface area contributed by atoms with Gasteiger partial charge in [0.1, 0.15) is 0 Å². The van der Waals surface area contributed by atoms with Crippen LogP contribution >= 0.6 is 0 Å². The Morgan fingerprint density at radius 3 is 2.30 bits per heavy atom. The lowest BCUT2D eigenvalue weighted by Crippen LogP contribution is -2.24. The molecule has 4 nitrogen and oxygen atoms in total. The molecule has 1 aliphatic rings. The van der Waals surface area contributed by atoms with Crippen molar-refractivity contribution >= 4 is 17.3 Å². The van der Waals surface area contributed by atoms with Crippen LogP contribution in [0.2, 0.25) is 0 Å². The first-order chi connectivity index (χ1) is 13.2. The van der Waals surface area contributed by atoms with E-state index in [4.69, 9.17) is 9.47 Å². The number of hydrogen-bond donors (Lipinski definition) is 0. The number of amides is 1. The topological polar surface area (TPSA) is 38.8 Å². The van der Waals surface area contributed by atoms with Crippen LogP contribution in [0.3, 0.4) is 0 Å². The third-order valence-corrected chi connectivity index (χ3v) is 4.97. The second-order valence-electron chi connectivity index (χ2n) is 6.51. The lowest BCUT2D eigenvalue weighted by molar-refractivity contribution is -0.118. The molecule has 0 saturated heterocycles. The van der Waals surface area contributed by atoms with Crippen molar-refractivity contribution in [3.63, 3.8) is 0 Å². The highest BCUT2D eigenvalue weighted by Crippen LogP contribution is 2.43. The molecule has 136 valence electrons. The molecule has 4 heteroatoms. The van der Waals surface area contributed by atoms with Gasteiger partial charge in [0.2, 0.25) is 5.91 Å². The Balaban J connectivity index is 1.71. The quantitative estimate of drug-likeness (QED) is 0.662. The molecular formula is C23H21NO3. The molecule has 0 unspecified atom stereocenters. The fourth-order valence-corrected chi connectivity index (χ4v) is 3.68. The summed E-state index contributed by atoms with van der Waals surface area (Å²) >= 11 is 0. The number of nitrogens with zero attached hydrogens (tertiary/aromatic N) is 1. The Hall–Kier alpha value is -3.27. The van der Waals surface area contributed by atoms with Crippen molar-refractivity contribution in [3.05, 3.63) is 83.9 Å². The number of rotatable bonds is 5. The van der Waals surface area contributed by atoms with Gasteiger partial charge in [0.05, 0.1) is 25.8 Å². The van der Waals surface area contributed by atoms with E-state index in [1.165, 1.54) is 0 Å². The third kappa shape index (κ3) is 3.04. The lowest BCUT2D eigenvalue weighted by atomic mass is 9.93. The predicted octanol–water partition coefficient (Wildman–Crippen LogP) is 4.71. The van der Waals surface area contributed by atoms with Gasteiger partial charge in [0.15, 0.2) is 11.5 Å². The molecule has 3 aromatic carbocycles. The number of hydrogen-bond acceptors (Lipinski definition) is 3. The van der Waals surface area contributed by atoms with Crippen molar-refractivity contribution in [2.45, 2.75) is 12.3 Å². The van der Waals surface area contributed by atoms with Gasteiger partial charge in [-0.05, 0) is 47.9 Å². The molecule has 1 amide bonds. The lowest BCUT2D eigenvalue weighted by Gasteiger charge is -2.18. The predicted molar refractivity (Wildman–Crippen MR) is 106 cm³/mol. The van der Waals surface area contributed by atoms with E-state index in [0.29, 0.717) is 17.9 Å². The standard InChI is InChI=1S/C23H21NO3/c1-26-21-13-12-16(15-22(21)27-2)14-19-18-10-6-7-11-20(18)24(23(19)25)17-8-4-3-5-9-17/h3-13,15,19H,14H2,1-2H3/t19-/m1/s1. The van der Waals surface area contributed by atoms with Crippen LogP contribution in [0.25, 0.3) is 0 Å². The normalized spacial score (nSPS) is 15.6. The summed E-state index contributed by atoms with van der Waals surface area (Å²) in [4.78, 5) is 15.1. The number of benzene rings is 3. The van der Waals surface area contributed by atoms with Crippen molar-refractivity contribution in [1.82, 2.24) is 0 Å². The summed E-state index contributed by atoms with van der Waals surface area (Å²) < 4.78 is 10.7. The van der Waals surface area contributed by atoms with Gasteiger partial charge in [-0.3, -0.25) is 9.69 Å². The Labute approximate surface area is 159 Å². The average Bonchev–Trinajstić information content (AvgIpc) is 3.00. The molecule has 3 aromatic rings. The Bertz CT molecular complexity index is 968. The summed E-state index contributed by atoms with van der Waals surface area (Å²) in [5.74, 6) is 1.23. The fourth-order valence-electron chi connectivity index (χ4n) is 3.68. The van der Waals surface area contributed by atoms with Crippen LogP contribution in [-0.4, -0.2) is 20.1 Å². The monoisotopic (exact) mass is 359 g/mol. The van der Waals surface area contributed by atoms with Crippen LogP contribution in [0.1, 0.15) is 17.0 Å². The molecule has 0 radical (unpaired) electrons. The molecule has 0 aliphatic carbocycles. The molecular weight excluding hydrogens is 338 g/mol. The summed E-state index contributed by atoms with van der Waals surface area (Å²) in [6, 6.07) is 23.6. The first-order valence-corrected chi connectivity index (χ1v) is 8.91. The van der Waals surface area contributed by atoms with E-state index in [1.807, 2.05) is 77.7 Å². The smallest absolute Gasteiger partial charge is 0.239 e. The van der Waals surface area contributed by atoms with Crippen molar-refractivity contribution in [2.75, 3.05) is 19.1 Å². The summed E-state index contributed by atoms with van der Waals surface area (Å²) in [5.41, 5.74) is 3.95. The van der Waals surface area contributed by atoms with E-state index >= 15 is 0 Å². The molecule has 0 bridgehead atoms. The van der Waals surface area contributed by atoms with Gasteiger partial charge >= 0.3 is 0 Å². The van der Waals surface area contributed by atoms with Crippen LogP contribution in [-0.2, 0) is 11.2 Å². The van der Waals surface area contributed by atoms with Gasteiger partial charge in [-0.15, -0.1) is 0 Å². The maximum atomic E-state index is 13.3. The molecule has 1 aliphatic heterocycles. The number of carbonyl (C=O) groups excluding carboxylic acids is 1. The maximum Gasteiger partial charge on any atom is 0.239 e. The first-order valence-electron chi connectivity index (χ1n) is 8.91. The van der Waals surface area contributed by atoms with Gasteiger partial charge < -0.3 is 9.47 Å². The molecule has 1 atom stereocenters.